The number of nitrogens with zero attached hydrogens (tertiary/aromatic N) is 1. The number of carbonyl (C=O) groups excluding carboxylic acids is 2. The van der Waals surface area contributed by atoms with Crippen LogP contribution in [0.5, 0.6) is 0 Å². The SMILES string of the molecule is O=C1NC(=O)c2ccccc2C1=CNc1cccc(CN2CCCCC2)c1. The van der Waals surface area contributed by atoms with Crippen molar-refractivity contribution in [3.63, 3.8) is 0 Å². The van der Waals surface area contributed by atoms with Gasteiger partial charge in [0.25, 0.3) is 11.8 Å². The molecule has 5 nitrogen and oxygen atoms in total. The van der Waals surface area contributed by atoms with Crippen molar-refractivity contribution in [2.45, 2.75) is 25.8 Å². The highest BCUT2D eigenvalue weighted by molar-refractivity contribution is 6.31. The zero-order valence-corrected chi connectivity index (χ0v) is 15.2. The second-order valence-corrected chi connectivity index (χ2v) is 7.07. The third-order valence-corrected chi connectivity index (χ3v) is 5.10. The van der Waals surface area contributed by atoms with E-state index in [1.165, 1.54) is 24.8 Å². The Hall–Kier alpha value is -2.92. The lowest BCUT2D eigenvalue weighted by atomic mass is 9.95. The van der Waals surface area contributed by atoms with E-state index in [1.807, 2.05) is 18.2 Å². The fourth-order valence-corrected chi connectivity index (χ4v) is 3.71. The van der Waals surface area contributed by atoms with Crippen molar-refractivity contribution in [3.8, 4) is 0 Å². The Balaban J connectivity index is 1.52. The van der Waals surface area contributed by atoms with Gasteiger partial charge in [0.05, 0.1) is 5.57 Å². The van der Waals surface area contributed by atoms with Gasteiger partial charge in [-0.2, -0.15) is 0 Å². The number of rotatable bonds is 4. The van der Waals surface area contributed by atoms with Gasteiger partial charge in [0.1, 0.15) is 0 Å². The lowest BCUT2D eigenvalue weighted by Crippen LogP contribution is -2.36. The van der Waals surface area contributed by atoms with E-state index in [2.05, 4.69) is 27.7 Å². The molecule has 2 aromatic carbocycles. The normalized spacial score (nSPS) is 18.9. The molecule has 2 aromatic rings. The molecule has 2 aliphatic heterocycles. The van der Waals surface area contributed by atoms with Gasteiger partial charge in [-0.05, 0) is 49.7 Å². The Kier molecular flexibility index (Phi) is 5.03. The molecular weight excluding hydrogens is 338 g/mol. The predicted molar refractivity (Wildman–Crippen MR) is 106 cm³/mol. The number of benzene rings is 2. The molecule has 27 heavy (non-hydrogen) atoms. The molecule has 2 aliphatic rings. The van der Waals surface area contributed by atoms with E-state index in [0.29, 0.717) is 16.7 Å². The zero-order valence-electron chi connectivity index (χ0n) is 15.2. The van der Waals surface area contributed by atoms with Crippen LogP contribution in [0.15, 0.2) is 54.7 Å². The first kappa shape index (κ1) is 17.5. The van der Waals surface area contributed by atoms with Gasteiger partial charge in [-0.3, -0.25) is 19.8 Å². The maximum Gasteiger partial charge on any atom is 0.260 e. The highest BCUT2D eigenvalue weighted by Gasteiger charge is 2.26. The molecule has 0 aromatic heterocycles. The van der Waals surface area contributed by atoms with Gasteiger partial charge in [0.15, 0.2) is 0 Å². The second kappa shape index (κ2) is 7.76. The van der Waals surface area contributed by atoms with E-state index in [4.69, 9.17) is 0 Å². The Labute approximate surface area is 159 Å². The van der Waals surface area contributed by atoms with Gasteiger partial charge >= 0.3 is 0 Å². The number of hydrogen-bond donors (Lipinski definition) is 2. The van der Waals surface area contributed by atoms with Gasteiger partial charge in [-0.25, -0.2) is 0 Å². The number of anilines is 1. The minimum atomic E-state index is -0.379. The minimum absolute atomic E-state index is 0.351. The Morgan fingerprint density at radius 3 is 2.52 bits per heavy atom. The third kappa shape index (κ3) is 3.93. The van der Waals surface area contributed by atoms with Crippen molar-refractivity contribution in [1.82, 2.24) is 10.2 Å². The van der Waals surface area contributed by atoms with Crippen molar-refractivity contribution in [1.29, 1.82) is 0 Å². The average Bonchev–Trinajstić information content (AvgIpc) is 2.69. The predicted octanol–water partition coefficient (Wildman–Crippen LogP) is 3.40. The van der Waals surface area contributed by atoms with E-state index >= 15 is 0 Å². The summed E-state index contributed by atoms with van der Waals surface area (Å²) in [6.07, 6.45) is 5.56. The van der Waals surface area contributed by atoms with Crippen molar-refractivity contribution >= 4 is 23.1 Å². The number of nitrogens with one attached hydrogen (secondary N) is 2. The molecule has 0 unspecified atom stereocenters. The molecule has 5 heteroatoms. The van der Waals surface area contributed by atoms with Crippen LogP contribution in [-0.4, -0.2) is 29.8 Å². The highest BCUT2D eigenvalue weighted by atomic mass is 16.2. The number of hydrogen-bond acceptors (Lipinski definition) is 4. The number of imide groups is 1. The fraction of sp³-hybridized carbons (Fsp3) is 0.273. The largest absolute Gasteiger partial charge is 0.361 e. The van der Waals surface area contributed by atoms with Crippen LogP contribution in [0.3, 0.4) is 0 Å². The average molecular weight is 361 g/mol. The number of carbonyl (C=O) groups is 2. The summed E-state index contributed by atoms with van der Waals surface area (Å²) in [5.41, 5.74) is 3.82. The van der Waals surface area contributed by atoms with E-state index in [-0.39, 0.29) is 11.8 Å². The lowest BCUT2D eigenvalue weighted by molar-refractivity contribution is -0.114. The molecule has 0 aliphatic carbocycles. The molecule has 138 valence electrons. The third-order valence-electron chi connectivity index (χ3n) is 5.10. The van der Waals surface area contributed by atoms with E-state index in [0.717, 1.165) is 25.3 Å². The molecule has 2 N–H and O–H groups in total. The first-order valence-corrected chi connectivity index (χ1v) is 9.44. The molecule has 2 heterocycles. The summed E-state index contributed by atoms with van der Waals surface area (Å²) < 4.78 is 0. The summed E-state index contributed by atoms with van der Waals surface area (Å²) in [5, 5.41) is 5.62. The van der Waals surface area contributed by atoms with Crippen LogP contribution < -0.4 is 10.6 Å². The van der Waals surface area contributed by atoms with Crippen LogP contribution in [0.2, 0.25) is 0 Å². The van der Waals surface area contributed by atoms with Gasteiger partial charge in [-0.1, -0.05) is 36.8 Å². The summed E-state index contributed by atoms with van der Waals surface area (Å²) >= 11 is 0. The topological polar surface area (TPSA) is 61.4 Å². The van der Waals surface area contributed by atoms with Crippen LogP contribution >= 0.6 is 0 Å². The number of amides is 2. The van der Waals surface area contributed by atoms with Gasteiger partial charge in [0.2, 0.25) is 0 Å². The summed E-state index contributed by atoms with van der Waals surface area (Å²) in [6.45, 7) is 3.27. The summed E-state index contributed by atoms with van der Waals surface area (Å²) in [4.78, 5) is 26.7. The smallest absolute Gasteiger partial charge is 0.260 e. The molecule has 1 fully saturated rings. The Morgan fingerprint density at radius 2 is 1.70 bits per heavy atom. The summed E-state index contributed by atoms with van der Waals surface area (Å²) in [7, 11) is 0. The Bertz CT molecular complexity index is 898. The van der Waals surface area contributed by atoms with Gasteiger partial charge in [-0.15, -0.1) is 0 Å². The van der Waals surface area contributed by atoms with Crippen LogP contribution in [0.4, 0.5) is 5.69 Å². The van der Waals surface area contributed by atoms with E-state index in [9.17, 15) is 9.59 Å². The molecule has 2 amide bonds. The second-order valence-electron chi connectivity index (χ2n) is 7.07. The van der Waals surface area contributed by atoms with Gasteiger partial charge < -0.3 is 5.32 Å². The van der Waals surface area contributed by atoms with Crippen molar-refractivity contribution in [2.24, 2.45) is 0 Å². The van der Waals surface area contributed by atoms with Crippen LogP contribution in [0, 0.1) is 0 Å². The number of piperidine rings is 1. The molecule has 0 radical (unpaired) electrons. The molecular formula is C22H23N3O2. The van der Waals surface area contributed by atoms with E-state index < -0.39 is 0 Å². The number of likely N-dealkylation sites (tertiary alicyclic amines) is 1. The van der Waals surface area contributed by atoms with E-state index in [1.54, 1.807) is 24.4 Å². The highest BCUT2D eigenvalue weighted by Crippen LogP contribution is 2.24. The molecule has 1 saturated heterocycles. The standard InChI is InChI=1S/C22H23N3O2/c26-21-19-10-3-2-9-18(19)20(22(27)24-21)14-23-17-8-6-7-16(13-17)15-25-11-4-1-5-12-25/h2-3,6-10,13-14,23H,1,4-5,11-12,15H2,(H,24,26,27). The quantitative estimate of drug-likeness (QED) is 0.647. The lowest BCUT2D eigenvalue weighted by Gasteiger charge is -2.26. The molecule has 0 atom stereocenters. The molecule has 0 bridgehead atoms. The van der Waals surface area contributed by atoms with Crippen LogP contribution in [0.1, 0.15) is 40.7 Å². The molecule has 0 spiro atoms. The first-order chi connectivity index (χ1) is 13.2. The maximum absolute atomic E-state index is 12.3. The summed E-state index contributed by atoms with van der Waals surface area (Å²) in [6, 6.07) is 15.4. The minimum Gasteiger partial charge on any atom is -0.361 e. The fourth-order valence-electron chi connectivity index (χ4n) is 3.71. The van der Waals surface area contributed by atoms with Gasteiger partial charge in [0, 0.05) is 29.6 Å². The number of fused-ring (bicyclic) bond motifs is 1. The molecule has 4 rings (SSSR count). The van der Waals surface area contributed by atoms with Crippen molar-refractivity contribution in [2.75, 3.05) is 18.4 Å². The van der Waals surface area contributed by atoms with Crippen molar-refractivity contribution < 1.29 is 9.59 Å². The summed E-state index contributed by atoms with van der Waals surface area (Å²) in [5.74, 6) is -0.730. The maximum atomic E-state index is 12.3. The monoisotopic (exact) mass is 361 g/mol. The van der Waals surface area contributed by atoms with Crippen molar-refractivity contribution in [3.05, 3.63) is 71.4 Å². The first-order valence-electron chi connectivity index (χ1n) is 9.44. The van der Waals surface area contributed by atoms with Crippen LogP contribution in [0.25, 0.3) is 5.57 Å². The Morgan fingerprint density at radius 1 is 0.926 bits per heavy atom. The zero-order chi connectivity index (χ0) is 18.6. The van der Waals surface area contributed by atoms with Crippen LogP contribution in [-0.2, 0) is 11.3 Å². The molecule has 0 saturated carbocycles.